The van der Waals surface area contributed by atoms with Crippen LogP contribution in [0.2, 0.25) is 0 Å². The third-order valence-electron chi connectivity index (χ3n) is 2.81. The molecule has 2 rings (SSSR count). The second kappa shape index (κ2) is 7.53. The summed E-state index contributed by atoms with van der Waals surface area (Å²) in [6, 6.07) is 11.7. The molecule has 0 saturated heterocycles. The molecule has 0 saturated carbocycles. The van der Waals surface area contributed by atoms with Gasteiger partial charge in [-0.05, 0) is 33.6 Å². The van der Waals surface area contributed by atoms with Crippen molar-refractivity contribution in [2.45, 2.75) is 6.10 Å². The van der Waals surface area contributed by atoms with Gasteiger partial charge in [-0.15, -0.1) is 0 Å². The number of halogens is 2. The Kier molecular flexibility index (Phi) is 5.70. The average Bonchev–Trinajstić information content (AvgIpc) is 2.52. The van der Waals surface area contributed by atoms with Gasteiger partial charge in [0.1, 0.15) is 5.75 Å². The zero-order valence-electron chi connectivity index (χ0n) is 11.2. The van der Waals surface area contributed by atoms with Crippen LogP contribution in [-0.4, -0.2) is 22.3 Å². The number of nitrogens with zero attached hydrogens (tertiary/aromatic N) is 1. The number of carbonyl (C=O) groups excluding carboxylic acids is 1. The maximum Gasteiger partial charge on any atom is 0.273 e. The number of amides is 1. The minimum Gasteiger partial charge on any atom is -0.507 e. The van der Waals surface area contributed by atoms with Crippen LogP contribution in [-0.2, 0) is 4.79 Å². The molecule has 2 aromatic rings. The van der Waals surface area contributed by atoms with Crippen LogP contribution in [0.15, 0.2) is 56.5 Å². The molecule has 1 unspecified atom stereocenters. The van der Waals surface area contributed by atoms with Crippen molar-refractivity contribution in [3.63, 3.8) is 0 Å². The number of hydrogen-bond acceptors (Lipinski definition) is 4. The Morgan fingerprint density at radius 3 is 2.55 bits per heavy atom. The van der Waals surface area contributed by atoms with Gasteiger partial charge in [0, 0.05) is 10.0 Å². The van der Waals surface area contributed by atoms with Crippen LogP contribution in [0.25, 0.3) is 0 Å². The van der Waals surface area contributed by atoms with Crippen molar-refractivity contribution in [1.29, 1.82) is 0 Å². The Hall–Kier alpha value is -1.70. The second-order valence-corrected chi connectivity index (χ2v) is 6.08. The van der Waals surface area contributed by atoms with Gasteiger partial charge in [-0.1, -0.05) is 46.3 Å². The van der Waals surface area contributed by atoms with Gasteiger partial charge in [-0.2, -0.15) is 5.10 Å². The molecule has 0 spiro atoms. The first-order chi connectivity index (χ1) is 10.5. The molecule has 3 N–H and O–H groups in total. The first-order valence-electron chi connectivity index (χ1n) is 6.23. The molecule has 1 amide bonds. The lowest BCUT2D eigenvalue weighted by atomic mass is 10.1. The van der Waals surface area contributed by atoms with Gasteiger partial charge in [0.15, 0.2) is 6.10 Å². The van der Waals surface area contributed by atoms with Crippen molar-refractivity contribution in [2.75, 3.05) is 0 Å². The van der Waals surface area contributed by atoms with E-state index in [0.29, 0.717) is 20.1 Å². The van der Waals surface area contributed by atoms with Gasteiger partial charge in [0.2, 0.25) is 0 Å². The van der Waals surface area contributed by atoms with E-state index in [1.54, 1.807) is 36.4 Å². The summed E-state index contributed by atoms with van der Waals surface area (Å²) in [5.41, 5.74) is 3.32. The minimum absolute atomic E-state index is 0.0558. The Labute approximate surface area is 143 Å². The van der Waals surface area contributed by atoms with E-state index in [2.05, 4.69) is 42.4 Å². The van der Waals surface area contributed by atoms with Crippen LogP contribution in [0.5, 0.6) is 5.75 Å². The highest BCUT2D eigenvalue weighted by molar-refractivity contribution is 9.11. The molecule has 0 aliphatic rings. The maximum absolute atomic E-state index is 11.8. The predicted molar refractivity (Wildman–Crippen MR) is 90.6 cm³/mol. The zero-order valence-corrected chi connectivity index (χ0v) is 14.4. The summed E-state index contributed by atoms with van der Waals surface area (Å²) in [5, 5.41) is 23.3. The third kappa shape index (κ3) is 4.16. The van der Waals surface area contributed by atoms with Crippen LogP contribution < -0.4 is 5.43 Å². The van der Waals surface area contributed by atoms with E-state index < -0.39 is 12.0 Å². The Bertz CT molecular complexity index is 705. The number of benzene rings is 2. The summed E-state index contributed by atoms with van der Waals surface area (Å²) in [5.74, 6) is -0.583. The number of phenolic OH excluding ortho intramolecular Hbond substituents is 1. The van der Waals surface area contributed by atoms with Gasteiger partial charge in [0.25, 0.3) is 5.91 Å². The number of rotatable bonds is 4. The monoisotopic (exact) mass is 426 g/mol. The number of aromatic hydroxyl groups is 1. The largest absolute Gasteiger partial charge is 0.507 e. The molecule has 114 valence electrons. The molecule has 0 aliphatic carbocycles. The molecule has 22 heavy (non-hydrogen) atoms. The Morgan fingerprint density at radius 1 is 1.18 bits per heavy atom. The molecule has 0 heterocycles. The van der Waals surface area contributed by atoms with E-state index >= 15 is 0 Å². The summed E-state index contributed by atoms with van der Waals surface area (Å²) in [4.78, 5) is 11.8. The van der Waals surface area contributed by atoms with E-state index in [9.17, 15) is 15.0 Å². The lowest BCUT2D eigenvalue weighted by Gasteiger charge is -2.08. The summed E-state index contributed by atoms with van der Waals surface area (Å²) in [6.45, 7) is 0. The van der Waals surface area contributed by atoms with E-state index in [4.69, 9.17) is 0 Å². The molecule has 1 atom stereocenters. The fraction of sp³-hybridized carbons (Fsp3) is 0.0667. The molecule has 0 bridgehead atoms. The standard InChI is InChI=1S/C15H12Br2N2O3/c16-11-7-12(17)13(20)6-10(11)8-18-19-15(22)14(21)9-4-2-1-3-5-9/h1-8,14,20-21H,(H,19,22)/b18-8+. The normalized spacial score (nSPS) is 12.3. The number of nitrogens with one attached hydrogen (secondary N) is 1. The molecular formula is C15H12Br2N2O3. The van der Waals surface area contributed by atoms with Crippen molar-refractivity contribution < 1.29 is 15.0 Å². The smallest absolute Gasteiger partial charge is 0.273 e. The van der Waals surface area contributed by atoms with Crippen LogP contribution in [0.4, 0.5) is 0 Å². The van der Waals surface area contributed by atoms with Crippen LogP contribution in [0.1, 0.15) is 17.2 Å². The molecule has 0 aromatic heterocycles. The van der Waals surface area contributed by atoms with E-state index in [0.717, 1.165) is 0 Å². The number of carbonyl (C=O) groups is 1. The quantitative estimate of drug-likeness (QED) is 0.518. The van der Waals surface area contributed by atoms with Gasteiger partial charge < -0.3 is 10.2 Å². The first-order valence-corrected chi connectivity index (χ1v) is 7.81. The minimum atomic E-state index is -1.29. The highest BCUT2D eigenvalue weighted by Gasteiger charge is 2.16. The summed E-state index contributed by atoms with van der Waals surface area (Å²) >= 11 is 6.51. The molecule has 0 aliphatic heterocycles. The summed E-state index contributed by atoms with van der Waals surface area (Å²) in [7, 11) is 0. The van der Waals surface area contributed by atoms with Crippen molar-refractivity contribution >= 4 is 44.0 Å². The van der Waals surface area contributed by atoms with Crippen molar-refractivity contribution in [3.05, 3.63) is 62.5 Å². The number of aliphatic hydroxyl groups excluding tert-OH is 1. The second-order valence-electron chi connectivity index (χ2n) is 4.37. The topological polar surface area (TPSA) is 81.9 Å². The number of phenols is 1. The van der Waals surface area contributed by atoms with E-state index in [1.165, 1.54) is 12.3 Å². The lowest BCUT2D eigenvalue weighted by molar-refractivity contribution is -0.129. The highest BCUT2D eigenvalue weighted by Crippen LogP contribution is 2.29. The Balaban J connectivity index is 2.03. The van der Waals surface area contributed by atoms with Crippen molar-refractivity contribution in [1.82, 2.24) is 5.43 Å². The molecule has 2 aromatic carbocycles. The molecule has 0 radical (unpaired) electrons. The number of hydrogen-bond donors (Lipinski definition) is 3. The average molecular weight is 428 g/mol. The van der Waals surface area contributed by atoms with E-state index in [1.807, 2.05) is 0 Å². The Morgan fingerprint density at radius 2 is 1.86 bits per heavy atom. The zero-order chi connectivity index (χ0) is 16.1. The van der Waals surface area contributed by atoms with Gasteiger partial charge in [0.05, 0.1) is 10.7 Å². The SMILES string of the molecule is O=C(N/N=C/c1cc(O)c(Br)cc1Br)C(O)c1ccccc1. The highest BCUT2D eigenvalue weighted by atomic mass is 79.9. The molecule has 0 fully saturated rings. The number of hydrazone groups is 1. The molecular weight excluding hydrogens is 416 g/mol. The fourth-order valence-electron chi connectivity index (χ4n) is 1.67. The van der Waals surface area contributed by atoms with E-state index in [-0.39, 0.29) is 5.75 Å². The summed E-state index contributed by atoms with van der Waals surface area (Å²) < 4.78 is 1.24. The first kappa shape index (κ1) is 16.7. The van der Waals surface area contributed by atoms with Gasteiger partial charge >= 0.3 is 0 Å². The molecule has 5 nitrogen and oxygen atoms in total. The third-order valence-corrected chi connectivity index (χ3v) is 4.13. The fourth-order valence-corrected chi connectivity index (χ4v) is 2.76. The van der Waals surface area contributed by atoms with Crippen LogP contribution in [0.3, 0.4) is 0 Å². The maximum atomic E-state index is 11.8. The van der Waals surface area contributed by atoms with Gasteiger partial charge in [-0.3, -0.25) is 4.79 Å². The van der Waals surface area contributed by atoms with Crippen LogP contribution in [0, 0.1) is 0 Å². The predicted octanol–water partition coefficient (Wildman–Crippen LogP) is 3.10. The molecule has 7 heteroatoms. The van der Waals surface area contributed by atoms with Crippen molar-refractivity contribution in [3.8, 4) is 5.75 Å². The number of aliphatic hydroxyl groups is 1. The van der Waals surface area contributed by atoms with Crippen molar-refractivity contribution in [2.24, 2.45) is 5.10 Å². The summed E-state index contributed by atoms with van der Waals surface area (Å²) in [6.07, 6.45) is 0.0754. The lowest BCUT2D eigenvalue weighted by Crippen LogP contribution is -2.25. The van der Waals surface area contributed by atoms with Gasteiger partial charge in [-0.25, -0.2) is 5.43 Å². The van der Waals surface area contributed by atoms with Crippen LogP contribution >= 0.6 is 31.9 Å².